The third-order valence-corrected chi connectivity index (χ3v) is 3.71. The molecule has 4 nitrogen and oxygen atoms in total. The van der Waals surface area contributed by atoms with Crippen molar-refractivity contribution in [1.82, 2.24) is 4.98 Å². The van der Waals surface area contributed by atoms with E-state index < -0.39 is 5.63 Å². The predicted octanol–water partition coefficient (Wildman–Crippen LogP) is 4.32. The molecule has 0 saturated carbocycles. The molecule has 0 spiro atoms. The van der Waals surface area contributed by atoms with Crippen molar-refractivity contribution < 1.29 is 9.52 Å². The van der Waals surface area contributed by atoms with Crippen molar-refractivity contribution in [2.45, 2.75) is 6.92 Å². The summed E-state index contributed by atoms with van der Waals surface area (Å²) in [4.78, 5) is 16.2. The number of rotatable bonds is 2. The maximum absolute atomic E-state index is 12.0. The molecule has 1 heterocycles. The minimum atomic E-state index is -0.582. The van der Waals surface area contributed by atoms with Gasteiger partial charge in [-0.1, -0.05) is 34.1 Å². The molecule has 0 aliphatic rings. The molecular formula is C17H12BrNO3. The van der Waals surface area contributed by atoms with Crippen LogP contribution in [0.25, 0.3) is 22.9 Å². The smallest absolute Gasteiger partial charge is 0.362 e. The molecule has 1 N–H and O–H groups in total. The Morgan fingerprint density at radius 2 is 1.95 bits per heavy atom. The van der Waals surface area contributed by atoms with Gasteiger partial charge in [-0.25, -0.2) is 9.78 Å². The third-order valence-electron chi connectivity index (χ3n) is 3.18. The number of aryl methyl sites for hydroxylation is 1. The number of aliphatic hydroxyl groups is 1. The van der Waals surface area contributed by atoms with Crippen molar-refractivity contribution in [2.75, 3.05) is 0 Å². The Hall–Kier alpha value is -2.40. The Morgan fingerprint density at radius 3 is 2.68 bits per heavy atom. The molecule has 0 radical (unpaired) electrons. The van der Waals surface area contributed by atoms with E-state index in [0.29, 0.717) is 16.7 Å². The van der Waals surface area contributed by atoms with Crippen LogP contribution >= 0.6 is 15.9 Å². The fourth-order valence-electron chi connectivity index (χ4n) is 2.05. The molecule has 0 fully saturated rings. The summed E-state index contributed by atoms with van der Waals surface area (Å²) in [7, 11) is 0. The van der Waals surface area contributed by atoms with Gasteiger partial charge in [0, 0.05) is 16.1 Å². The Kier molecular flexibility index (Phi) is 3.81. The zero-order valence-corrected chi connectivity index (χ0v) is 13.3. The molecule has 0 amide bonds. The second-order valence-electron chi connectivity index (χ2n) is 4.89. The lowest BCUT2D eigenvalue weighted by Crippen LogP contribution is -2.06. The first kappa shape index (κ1) is 14.5. The topological polar surface area (TPSA) is 63.3 Å². The summed E-state index contributed by atoms with van der Waals surface area (Å²) < 4.78 is 6.15. The van der Waals surface area contributed by atoms with Crippen LogP contribution < -0.4 is 5.63 Å². The first-order chi connectivity index (χ1) is 10.5. The molecule has 5 heteroatoms. The minimum Gasteiger partial charge on any atom is -0.507 e. The molecule has 110 valence electrons. The molecule has 0 aliphatic heterocycles. The number of nitrogens with zero attached hydrogens (tertiary/aromatic N) is 1. The number of aliphatic hydroxyl groups excluding tert-OH is 1. The highest BCUT2D eigenvalue weighted by atomic mass is 79.9. The number of halogens is 1. The lowest BCUT2D eigenvalue weighted by molar-refractivity contribution is 0.514. The molecule has 3 rings (SSSR count). The molecule has 0 bridgehead atoms. The SMILES string of the molecule is Cc1ccc2nc(C=C(O)c3ccc(Br)cc3)c(=O)oc2c1. The molecule has 0 atom stereocenters. The van der Waals surface area contributed by atoms with Crippen molar-refractivity contribution in [2.24, 2.45) is 0 Å². The van der Waals surface area contributed by atoms with Gasteiger partial charge in [0.05, 0.1) is 0 Å². The van der Waals surface area contributed by atoms with Gasteiger partial charge in [-0.15, -0.1) is 0 Å². The average molecular weight is 358 g/mol. The second kappa shape index (κ2) is 5.77. The van der Waals surface area contributed by atoms with Crippen LogP contribution in [-0.2, 0) is 0 Å². The van der Waals surface area contributed by atoms with Crippen LogP contribution in [0, 0.1) is 6.92 Å². The van der Waals surface area contributed by atoms with E-state index in [0.717, 1.165) is 10.0 Å². The van der Waals surface area contributed by atoms with Crippen LogP contribution in [0.2, 0.25) is 0 Å². The van der Waals surface area contributed by atoms with E-state index in [1.807, 2.05) is 13.0 Å². The number of aromatic nitrogens is 1. The van der Waals surface area contributed by atoms with Gasteiger partial charge >= 0.3 is 5.63 Å². The molecule has 22 heavy (non-hydrogen) atoms. The maximum Gasteiger partial charge on any atom is 0.362 e. The van der Waals surface area contributed by atoms with Crippen LogP contribution in [0.3, 0.4) is 0 Å². The molecule has 3 aromatic rings. The fourth-order valence-corrected chi connectivity index (χ4v) is 2.31. The summed E-state index contributed by atoms with van der Waals surface area (Å²) >= 11 is 3.33. The van der Waals surface area contributed by atoms with E-state index in [2.05, 4.69) is 20.9 Å². The van der Waals surface area contributed by atoms with E-state index in [1.54, 1.807) is 36.4 Å². The molecule has 0 aliphatic carbocycles. The van der Waals surface area contributed by atoms with E-state index in [1.165, 1.54) is 6.08 Å². The van der Waals surface area contributed by atoms with E-state index >= 15 is 0 Å². The summed E-state index contributed by atoms with van der Waals surface area (Å²) in [5.41, 5.74) is 2.07. The summed E-state index contributed by atoms with van der Waals surface area (Å²) in [5, 5.41) is 10.1. The van der Waals surface area contributed by atoms with Crippen molar-refractivity contribution in [1.29, 1.82) is 0 Å². The normalized spacial score (nSPS) is 11.8. The lowest BCUT2D eigenvalue weighted by atomic mass is 10.1. The van der Waals surface area contributed by atoms with Crippen molar-refractivity contribution in [3.63, 3.8) is 0 Å². The minimum absolute atomic E-state index is 0.0428. The van der Waals surface area contributed by atoms with Crippen LogP contribution in [0.1, 0.15) is 16.8 Å². The molecule has 0 saturated heterocycles. The lowest BCUT2D eigenvalue weighted by Gasteiger charge is -2.02. The zero-order chi connectivity index (χ0) is 15.7. The summed E-state index contributed by atoms with van der Waals surface area (Å²) in [5.74, 6) is -0.0428. The highest BCUT2D eigenvalue weighted by molar-refractivity contribution is 9.10. The Morgan fingerprint density at radius 1 is 1.23 bits per heavy atom. The van der Waals surface area contributed by atoms with Crippen molar-refractivity contribution >= 4 is 38.9 Å². The van der Waals surface area contributed by atoms with Crippen molar-refractivity contribution in [3.05, 3.63) is 74.2 Å². The zero-order valence-electron chi connectivity index (χ0n) is 11.7. The van der Waals surface area contributed by atoms with Gasteiger partial charge in [0.1, 0.15) is 11.3 Å². The number of hydrogen-bond acceptors (Lipinski definition) is 4. The van der Waals surface area contributed by atoms with E-state index in [-0.39, 0.29) is 11.5 Å². The van der Waals surface area contributed by atoms with E-state index in [4.69, 9.17) is 4.42 Å². The number of hydrogen-bond donors (Lipinski definition) is 1. The van der Waals surface area contributed by atoms with Gasteiger partial charge in [0.15, 0.2) is 11.3 Å². The summed E-state index contributed by atoms with van der Waals surface area (Å²) in [6.45, 7) is 1.91. The highest BCUT2D eigenvalue weighted by Crippen LogP contribution is 2.18. The quantitative estimate of drug-likeness (QED) is 0.694. The second-order valence-corrected chi connectivity index (χ2v) is 5.81. The molecule has 0 unspecified atom stereocenters. The fraction of sp³-hybridized carbons (Fsp3) is 0.0588. The number of fused-ring (bicyclic) bond motifs is 1. The van der Waals surface area contributed by atoms with Crippen LogP contribution in [0.4, 0.5) is 0 Å². The standard InChI is InChI=1S/C17H12BrNO3/c1-10-2-7-13-16(8-10)22-17(21)14(19-13)9-15(20)11-3-5-12(18)6-4-11/h2-9,20H,1H3. The Balaban J connectivity index is 2.07. The Labute approximate surface area is 134 Å². The maximum atomic E-state index is 12.0. The average Bonchev–Trinajstić information content (AvgIpc) is 2.49. The highest BCUT2D eigenvalue weighted by Gasteiger charge is 2.07. The summed E-state index contributed by atoms with van der Waals surface area (Å²) in [6, 6.07) is 12.5. The molecule has 2 aromatic carbocycles. The Bertz CT molecular complexity index is 927. The van der Waals surface area contributed by atoms with Gasteiger partial charge in [0.2, 0.25) is 0 Å². The van der Waals surface area contributed by atoms with Crippen molar-refractivity contribution in [3.8, 4) is 0 Å². The van der Waals surface area contributed by atoms with Gasteiger partial charge in [0.25, 0.3) is 0 Å². The monoisotopic (exact) mass is 357 g/mol. The van der Waals surface area contributed by atoms with Gasteiger partial charge in [-0.2, -0.15) is 0 Å². The number of benzene rings is 2. The van der Waals surface area contributed by atoms with Crippen LogP contribution in [-0.4, -0.2) is 10.1 Å². The van der Waals surface area contributed by atoms with Gasteiger partial charge in [-0.05, 0) is 36.8 Å². The van der Waals surface area contributed by atoms with Gasteiger partial charge in [-0.3, -0.25) is 0 Å². The van der Waals surface area contributed by atoms with E-state index in [9.17, 15) is 9.90 Å². The van der Waals surface area contributed by atoms with Crippen LogP contribution in [0.5, 0.6) is 0 Å². The summed E-state index contributed by atoms with van der Waals surface area (Å²) in [6.07, 6.45) is 1.31. The van der Waals surface area contributed by atoms with Gasteiger partial charge < -0.3 is 9.52 Å². The van der Waals surface area contributed by atoms with Crippen LogP contribution in [0.15, 0.2) is 56.1 Å². The molecule has 1 aromatic heterocycles. The molecular weight excluding hydrogens is 346 g/mol. The predicted molar refractivity (Wildman–Crippen MR) is 89.7 cm³/mol. The third kappa shape index (κ3) is 2.94. The largest absolute Gasteiger partial charge is 0.507 e. The first-order valence-corrected chi connectivity index (χ1v) is 7.40. The first-order valence-electron chi connectivity index (χ1n) is 6.61.